The van der Waals surface area contributed by atoms with Crippen LogP contribution in [0.1, 0.15) is 30.6 Å². The molecule has 1 saturated carbocycles. The topological polar surface area (TPSA) is 120 Å². The van der Waals surface area contributed by atoms with Gasteiger partial charge in [0.1, 0.15) is 48.2 Å². The molecule has 4 aromatic rings. The monoisotopic (exact) mass is 464 g/mol. The van der Waals surface area contributed by atoms with Gasteiger partial charge < -0.3 is 30.2 Å². The number of fused-ring (bicyclic) bond motifs is 2. The number of aromatic nitrogens is 4. The van der Waals surface area contributed by atoms with Gasteiger partial charge in [-0.2, -0.15) is 0 Å². The van der Waals surface area contributed by atoms with E-state index in [0.29, 0.717) is 23.1 Å². The zero-order valence-corrected chi connectivity index (χ0v) is 18.6. The second-order valence-electron chi connectivity index (χ2n) is 8.84. The van der Waals surface area contributed by atoms with E-state index in [1.807, 2.05) is 36.5 Å². The molecule has 0 spiro atoms. The van der Waals surface area contributed by atoms with Crippen molar-refractivity contribution in [2.45, 2.75) is 43.4 Å². The SMILES string of the molecule is CNc1ccc2ccc(OC[C@H]3O[C@@H](n4cc(C5CC5)c5c(N)ncnc54)[C@@H](F)[C@@H]3O)cc2n1. The Morgan fingerprint density at radius 3 is 2.88 bits per heavy atom. The molecule has 9 nitrogen and oxygen atoms in total. The van der Waals surface area contributed by atoms with Crippen molar-refractivity contribution in [3.05, 3.63) is 48.4 Å². The number of pyridine rings is 1. The summed E-state index contributed by atoms with van der Waals surface area (Å²) in [5.41, 5.74) is 8.40. The van der Waals surface area contributed by atoms with Crippen molar-refractivity contribution < 1.29 is 19.0 Å². The van der Waals surface area contributed by atoms with Crippen molar-refractivity contribution in [1.82, 2.24) is 19.5 Å². The van der Waals surface area contributed by atoms with Gasteiger partial charge in [0.15, 0.2) is 12.4 Å². The van der Waals surface area contributed by atoms with Crippen molar-refractivity contribution in [2.75, 3.05) is 24.7 Å². The Balaban J connectivity index is 1.23. The van der Waals surface area contributed by atoms with Crippen LogP contribution in [0.4, 0.5) is 16.0 Å². The minimum Gasteiger partial charge on any atom is -0.491 e. The average molecular weight is 465 g/mol. The van der Waals surface area contributed by atoms with Crippen LogP contribution in [0.15, 0.2) is 42.9 Å². The van der Waals surface area contributed by atoms with E-state index < -0.39 is 24.6 Å². The highest BCUT2D eigenvalue weighted by molar-refractivity contribution is 5.90. The fourth-order valence-electron chi connectivity index (χ4n) is 4.61. The number of nitrogen functional groups attached to an aromatic ring is 1. The highest BCUT2D eigenvalue weighted by Gasteiger charge is 2.46. The van der Waals surface area contributed by atoms with Crippen molar-refractivity contribution in [3.8, 4) is 5.75 Å². The van der Waals surface area contributed by atoms with Crippen molar-refractivity contribution in [2.24, 2.45) is 0 Å². The van der Waals surface area contributed by atoms with Crippen LogP contribution in [-0.2, 0) is 4.74 Å². The Morgan fingerprint density at radius 2 is 2.09 bits per heavy atom. The molecule has 4 heterocycles. The van der Waals surface area contributed by atoms with Crippen LogP contribution < -0.4 is 15.8 Å². The van der Waals surface area contributed by atoms with E-state index in [1.165, 1.54) is 6.33 Å². The molecule has 0 unspecified atom stereocenters. The number of halogens is 1. The second kappa shape index (κ2) is 8.07. The fraction of sp³-hybridized carbons (Fsp3) is 0.375. The number of aliphatic hydroxyl groups excluding tert-OH is 1. The number of nitrogens with two attached hydrogens (primary N) is 1. The summed E-state index contributed by atoms with van der Waals surface area (Å²) in [6.07, 6.45) is 0.412. The molecule has 10 heteroatoms. The predicted octanol–water partition coefficient (Wildman–Crippen LogP) is 3.16. The number of aliphatic hydroxyl groups is 1. The van der Waals surface area contributed by atoms with Crippen LogP contribution in [-0.4, -0.2) is 56.7 Å². The number of hydrogen-bond donors (Lipinski definition) is 3. The van der Waals surface area contributed by atoms with E-state index in [4.69, 9.17) is 15.2 Å². The maximum absolute atomic E-state index is 15.2. The van der Waals surface area contributed by atoms with Gasteiger partial charge in [-0.15, -0.1) is 0 Å². The number of ether oxygens (including phenoxy) is 2. The summed E-state index contributed by atoms with van der Waals surface area (Å²) >= 11 is 0. The number of benzene rings is 1. The number of nitrogens with zero attached hydrogens (tertiary/aromatic N) is 4. The zero-order valence-electron chi connectivity index (χ0n) is 18.6. The largest absolute Gasteiger partial charge is 0.491 e. The molecule has 1 saturated heterocycles. The lowest BCUT2D eigenvalue weighted by Crippen LogP contribution is -2.32. The number of nitrogens with one attached hydrogen (secondary N) is 1. The molecular weight excluding hydrogens is 439 g/mol. The van der Waals surface area contributed by atoms with E-state index >= 15 is 4.39 Å². The molecule has 1 aliphatic heterocycles. The number of anilines is 2. The highest BCUT2D eigenvalue weighted by Crippen LogP contribution is 2.46. The third-order valence-corrected chi connectivity index (χ3v) is 6.59. The molecule has 1 aliphatic carbocycles. The second-order valence-corrected chi connectivity index (χ2v) is 8.84. The van der Waals surface area contributed by atoms with Gasteiger partial charge in [-0.1, -0.05) is 0 Å². The smallest absolute Gasteiger partial charge is 0.173 e. The minimum atomic E-state index is -1.65. The zero-order chi connectivity index (χ0) is 23.4. The third kappa shape index (κ3) is 3.50. The van der Waals surface area contributed by atoms with Gasteiger partial charge in [0.2, 0.25) is 0 Å². The van der Waals surface area contributed by atoms with Gasteiger partial charge >= 0.3 is 0 Å². The molecule has 2 aliphatic rings. The Labute approximate surface area is 194 Å². The van der Waals surface area contributed by atoms with Crippen LogP contribution in [0.3, 0.4) is 0 Å². The molecule has 176 valence electrons. The predicted molar refractivity (Wildman–Crippen MR) is 126 cm³/mol. The lowest BCUT2D eigenvalue weighted by Gasteiger charge is -2.17. The van der Waals surface area contributed by atoms with Crippen molar-refractivity contribution in [1.29, 1.82) is 0 Å². The third-order valence-electron chi connectivity index (χ3n) is 6.59. The Kier molecular flexibility index (Phi) is 5.00. The van der Waals surface area contributed by atoms with Crippen LogP contribution in [0.25, 0.3) is 21.9 Å². The average Bonchev–Trinajstić information content (AvgIpc) is 3.57. The Morgan fingerprint density at radius 1 is 1.26 bits per heavy atom. The van der Waals surface area contributed by atoms with Gasteiger partial charge in [0.25, 0.3) is 0 Å². The van der Waals surface area contributed by atoms with Gasteiger partial charge in [0.05, 0.1) is 10.9 Å². The van der Waals surface area contributed by atoms with Gasteiger partial charge in [-0.3, -0.25) is 0 Å². The van der Waals surface area contributed by atoms with E-state index in [-0.39, 0.29) is 6.61 Å². The first-order valence-electron chi connectivity index (χ1n) is 11.3. The lowest BCUT2D eigenvalue weighted by atomic mass is 10.1. The summed E-state index contributed by atoms with van der Waals surface area (Å²) in [6, 6.07) is 9.39. The Hall–Kier alpha value is -3.50. The number of hydrogen-bond acceptors (Lipinski definition) is 8. The molecule has 3 aromatic heterocycles. The van der Waals surface area contributed by atoms with E-state index in [2.05, 4.69) is 20.3 Å². The summed E-state index contributed by atoms with van der Waals surface area (Å²) in [6.45, 7) is -0.0128. The first-order valence-corrected chi connectivity index (χ1v) is 11.3. The van der Waals surface area contributed by atoms with Crippen LogP contribution >= 0.6 is 0 Å². The number of rotatable bonds is 6. The van der Waals surface area contributed by atoms with Crippen molar-refractivity contribution >= 4 is 33.6 Å². The quantitative estimate of drug-likeness (QED) is 0.398. The maximum Gasteiger partial charge on any atom is 0.173 e. The molecule has 0 amide bonds. The lowest BCUT2D eigenvalue weighted by molar-refractivity contribution is -0.0411. The molecule has 6 rings (SSSR count). The van der Waals surface area contributed by atoms with Crippen LogP contribution in [0, 0.1) is 0 Å². The minimum absolute atomic E-state index is 0.0128. The summed E-state index contributed by atoms with van der Waals surface area (Å²) in [4.78, 5) is 13.0. The molecular formula is C24H25FN6O3. The molecule has 0 radical (unpaired) electrons. The van der Waals surface area contributed by atoms with Gasteiger partial charge in [-0.05, 0) is 48.6 Å². The van der Waals surface area contributed by atoms with E-state index in [0.717, 1.165) is 40.5 Å². The first-order chi connectivity index (χ1) is 16.5. The van der Waals surface area contributed by atoms with Crippen LogP contribution in [0.5, 0.6) is 5.75 Å². The molecule has 0 bridgehead atoms. The molecule has 2 fully saturated rings. The number of alkyl halides is 1. The molecule has 4 atom stereocenters. The Bertz CT molecular complexity index is 1370. The first kappa shape index (κ1) is 21.1. The van der Waals surface area contributed by atoms with Crippen LogP contribution in [0.2, 0.25) is 0 Å². The maximum atomic E-state index is 15.2. The van der Waals surface area contributed by atoms with Crippen molar-refractivity contribution in [3.63, 3.8) is 0 Å². The molecule has 1 aromatic carbocycles. The summed E-state index contributed by atoms with van der Waals surface area (Å²) < 4.78 is 28.7. The standard InChI is InChI=1S/C24H25FN6O3/c1-27-18-7-5-13-4-6-14(8-16(13)30-18)33-10-17-21(32)20(25)24(34-17)31-9-15(12-2-3-12)19-22(26)28-11-29-23(19)31/h4-9,11-12,17,20-21,24,32H,2-3,10H2,1H3,(H,27,30)(H2,26,28,29)/t17-,20+,21-,24-/m1/s1. The van der Waals surface area contributed by atoms with Gasteiger partial charge in [0, 0.05) is 24.7 Å². The normalized spacial score (nSPS) is 24.7. The molecule has 34 heavy (non-hydrogen) atoms. The molecule has 4 N–H and O–H groups in total. The van der Waals surface area contributed by atoms with E-state index in [1.54, 1.807) is 11.6 Å². The summed E-state index contributed by atoms with van der Waals surface area (Å²) in [7, 11) is 1.80. The fourth-order valence-corrected chi connectivity index (χ4v) is 4.61. The summed E-state index contributed by atoms with van der Waals surface area (Å²) in [5, 5.41) is 15.3. The van der Waals surface area contributed by atoms with E-state index in [9.17, 15) is 5.11 Å². The van der Waals surface area contributed by atoms with Gasteiger partial charge in [-0.25, -0.2) is 19.3 Å². The highest BCUT2D eigenvalue weighted by atomic mass is 19.1. The summed E-state index contributed by atoms with van der Waals surface area (Å²) in [5.74, 6) is 2.04.